The Labute approximate surface area is 154 Å². The highest BCUT2D eigenvalue weighted by Crippen LogP contribution is 2.31. The Bertz CT molecular complexity index is 1020. The highest BCUT2D eigenvalue weighted by Gasteiger charge is 2.32. The molecule has 3 aromatic rings. The molecule has 10 heteroatoms. The number of halogens is 6. The zero-order chi connectivity index (χ0) is 20.7. The molecule has 1 aromatic carbocycles. The van der Waals surface area contributed by atoms with Crippen molar-refractivity contribution in [2.45, 2.75) is 25.7 Å². The lowest BCUT2D eigenvalue weighted by molar-refractivity contribution is -0.138. The van der Waals surface area contributed by atoms with Crippen molar-refractivity contribution >= 4 is 17.2 Å². The summed E-state index contributed by atoms with van der Waals surface area (Å²) < 4.78 is 77.9. The number of carbonyl (C=O) groups is 1. The van der Waals surface area contributed by atoms with Gasteiger partial charge in [0.05, 0.1) is 16.8 Å². The Morgan fingerprint density at radius 2 is 1.54 bits per heavy atom. The lowest BCUT2D eigenvalue weighted by Gasteiger charge is -2.10. The molecule has 0 atom stereocenters. The molecule has 0 fully saturated rings. The van der Waals surface area contributed by atoms with E-state index in [1.807, 2.05) is 0 Å². The Morgan fingerprint density at radius 1 is 0.964 bits per heavy atom. The SMILES string of the molecule is CCc1nc2ccc(C(F)(F)F)cn2c1C(=O)Nc1ccc(C(F)(F)F)cc1. The fourth-order valence-corrected chi connectivity index (χ4v) is 2.68. The van der Waals surface area contributed by atoms with E-state index in [1.165, 1.54) is 0 Å². The number of amides is 1. The monoisotopic (exact) mass is 401 g/mol. The largest absolute Gasteiger partial charge is 0.417 e. The Balaban J connectivity index is 1.98. The molecule has 0 aliphatic heterocycles. The van der Waals surface area contributed by atoms with Crippen LogP contribution in [-0.2, 0) is 18.8 Å². The first-order valence-corrected chi connectivity index (χ1v) is 8.07. The first kappa shape index (κ1) is 19.7. The van der Waals surface area contributed by atoms with E-state index in [1.54, 1.807) is 6.92 Å². The fraction of sp³-hybridized carbons (Fsp3) is 0.222. The third-order valence-corrected chi connectivity index (χ3v) is 4.04. The number of hydrogen-bond donors (Lipinski definition) is 1. The summed E-state index contributed by atoms with van der Waals surface area (Å²) in [5.74, 6) is -0.775. The number of pyridine rings is 1. The Kier molecular flexibility index (Phi) is 4.82. The van der Waals surface area contributed by atoms with Crippen LogP contribution in [0, 0.1) is 0 Å². The maximum atomic E-state index is 13.0. The summed E-state index contributed by atoms with van der Waals surface area (Å²) in [5, 5.41) is 2.40. The van der Waals surface area contributed by atoms with Gasteiger partial charge in [0, 0.05) is 11.9 Å². The van der Waals surface area contributed by atoms with Gasteiger partial charge in [-0.05, 0) is 42.8 Å². The quantitative estimate of drug-likeness (QED) is 0.615. The minimum atomic E-state index is -4.61. The molecule has 4 nitrogen and oxygen atoms in total. The normalized spacial score (nSPS) is 12.4. The molecule has 0 aliphatic rings. The van der Waals surface area contributed by atoms with Crippen LogP contribution in [-0.4, -0.2) is 15.3 Å². The molecular formula is C18H13F6N3O. The number of alkyl halides is 6. The maximum Gasteiger partial charge on any atom is 0.417 e. The molecule has 2 aromatic heterocycles. The molecule has 0 saturated heterocycles. The summed E-state index contributed by atoms with van der Waals surface area (Å²) in [6.07, 6.45) is -8.08. The van der Waals surface area contributed by atoms with Crippen LogP contribution in [0.4, 0.5) is 32.0 Å². The number of fused-ring (bicyclic) bond motifs is 1. The van der Waals surface area contributed by atoms with Crippen LogP contribution in [0.5, 0.6) is 0 Å². The fourth-order valence-electron chi connectivity index (χ4n) is 2.68. The summed E-state index contributed by atoms with van der Waals surface area (Å²) in [5.41, 5.74) is -1.45. The van der Waals surface area contributed by atoms with Gasteiger partial charge in [-0.2, -0.15) is 26.3 Å². The van der Waals surface area contributed by atoms with E-state index in [0.29, 0.717) is 0 Å². The average molecular weight is 401 g/mol. The standard InChI is InChI=1S/C18H13F6N3O/c1-2-13-15(27-9-11(18(22,23)24)5-8-14(27)26-13)16(28)25-12-6-3-10(4-7-12)17(19,20)21/h3-9H,2H2,1H3,(H,25,28). The summed E-state index contributed by atoms with van der Waals surface area (Å²) in [7, 11) is 0. The number of nitrogens with zero attached hydrogens (tertiary/aromatic N) is 2. The van der Waals surface area contributed by atoms with Gasteiger partial charge in [0.15, 0.2) is 0 Å². The van der Waals surface area contributed by atoms with Gasteiger partial charge >= 0.3 is 12.4 Å². The van der Waals surface area contributed by atoms with Crippen LogP contribution in [0.1, 0.15) is 34.2 Å². The summed E-state index contributed by atoms with van der Waals surface area (Å²) >= 11 is 0. The van der Waals surface area contributed by atoms with Gasteiger partial charge in [0.1, 0.15) is 11.3 Å². The number of rotatable bonds is 3. The lowest BCUT2D eigenvalue weighted by Crippen LogP contribution is -2.17. The molecule has 0 bridgehead atoms. The number of imidazole rings is 1. The number of aryl methyl sites for hydroxylation is 1. The molecule has 28 heavy (non-hydrogen) atoms. The van der Waals surface area contributed by atoms with E-state index in [4.69, 9.17) is 0 Å². The minimum Gasteiger partial charge on any atom is -0.321 e. The van der Waals surface area contributed by atoms with Crippen LogP contribution >= 0.6 is 0 Å². The van der Waals surface area contributed by atoms with E-state index in [9.17, 15) is 31.1 Å². The molecule has 1 amide bonds. The predicted octanol–water partition coefficient (Wildman–Crippen LogP) is 5.19. The van der Waals surface area contributed by atoms with E-state index in [-0.39, 0.29) is 29.1 Å². The van der Waals surface area contributed by atoms with Gasteiger partial charge in [-0.3, -0.25) is 9.20 Å². The predicted molar refractivity (Wildman–Crippen MR) is 89.0 cm³/mol. The van der Waals surface area contributed by atoms with Gasteiger partial charge in [0.2, 0.25) is 0 Å². The van der Waals surface area contributed by atoms with E-state index in [0.717, 1.165) is 47.0 Å². The lowest BCUT2D eigenvalue weighted by atomic mass is 10.2. The zero-order valence-electron chi connectivity index (χ0n) is 14.3. The van der Waals surface area contributed by atoms with Crippen molar-refractivity contribution in [1.29, 1.82) is 0 Å². The average Bonchev–Trinajstić information content (AvgIpc) is 2.98. The van der Waals surface area contributed by atoms with Crippen molar-refractivity contribution in [2.24, 2.45) is 0 Å². The smallest absolute Gasteiger partial charge is 0.321 e. The second-order valence-corrected chi connectivity index (χ2v) is 5.93. The highest BCUT2D eigenvalue weighted by molar-refractivity contribution is 6.04. The van der Waals surface area contributed by atoms with Crippen molar-refractivity contribution < 1.29 is 31.1 Å². The molecule has 0 saturated carbocycles. The number of hydrogen-bond acceptors (Lipinski definition) is 2. The molecule has 0 spiro atoms. The summed E-state index contributed by atoms with van der Waals surface area (Å²) in [6, 6.07) is 5.74. The van der Waals surface area contributed by atoms with Crippen molar-refractivity contribution in [3.63, 3.8) is 0 Å². The number of nitrogens with one attached hydrogen (secondary N) is 1. The third-order valence-electron chi connectivity index (χ3n) is 4.04. The van der Waals surface area contributed by atoms with Crippen LogP contribution in [0.3, 0.4) is 0 Å². The van der Waals surface area contributed by atoms with Gasteiger partial charge in [0.25, 0.3) is 5.91 Å². The number of aromatic nitrogens is 2. The minimum absolute atomic E-state index is 0.0713. The molecule has 1 N–H and O–H groups in total. The van der Waals surface area contributed by atoms with E-state index < -0.39 is 29.4 Å². The zero-order valence-corrected chi connectivity index (χ0v) is 14.3. The second kappa shape index (κ2) is 6.84. The second-order valence-electron chi connectivity index (χ2n) is 5.93. The Morgan fingerprint density at radius 3 is 2.07 bits per heavy atom. The molecular weight excluding hydrogens is 388 g/mol. The molecule has 0 unspecified atom stereocenters. The first-order valence-electron chi connectivity index (χ1n) is 8.07. The topological polar surface area (TPSA) is 46.4 Å². The van der Waals surface area contributed by atoms with Crippen molar-refractivity contribution in [3.05, 3.63) is 65.1 Å². The van der Waals surface area contributed by atoms with Crippen LogP contribution < -0.4 is 5.32 Å². The third kappa shape index (κ3) is 3.80. The number of anilines is 1. The molecule has 3 rings (SSSR count). The molecule has 2 heterocycles. The van der Waals surface area contributed by atoms with Crippen LogP contribution in [0.15, 0.2) is 42.6 Å². The summed E-state index contributed by atoms with van der Waals surface area (Å²) in [4.78, 5) is 16.8. The van der Waals surface area contributed by atoms with Crippen LogP contribution in [0.2, 0.25) is 0 Å². The van der Waals surface area contributed by atoms with Gasteiger partial charge in [-0.25, -0.2) is 4.98 Å². The number of carbonyl (C=O) groups excluding carboxylic acids is 1. The van der Waals surface area contributed by atoms with Crippen molar-refractivity contribution in [3.8, 4) is 0 Å². The highest BCUT2D eigenvalue weighted by atomic mass is 19.4. The molecule has 148 valence electrons. The molecule has 0 aliphatic carbocycles. The molecule has 0 radical (unpaired) electrons. The van der Waals surface area contributed by atoms with Crippen LogP contribution in [0.25, 0.3) is 5.65 Å². The summed E-state index contributed by atoms with van der Waals surface area (Å²) in [6.45, 7) is 1.68. The number of benzene rings is 1. The van der Waals surface area contributed by atoms with Crippen molar-refractivity contribution in [1.82, 2.24) is 9.38 Å². The van der Waals surface area contributed by atoms with Gasteiger partial charge in [-0.15, -0.1) is 0 Å². The van der Waals surface area contributed by atoms with E-state index in [2.05, 4.69) is 10.3 Å². The van der Waals surface area contributed by atoms with Gasteiger partial charge < -0.3 is 5.32 Å². The van der Waals surface area contributed by atoms with E-state index >= 15 is 0 Å². The van der Waals surface area contributed by atoms with Gasteiger partial charge in [-0.1, -0.05) is 6.92 Å². The van der Waals surface area contributed by atoms with Crippen molar-refractivity contribution in [2.75, 3.05) is 5.32 Å². The first-order chi connectivity index (χ1) is 13.0. The maximum absolute atomic E-state index is 13.0. The Hall–Kier alpha value is -3.04.